The van der Waals surface area contributed by atoms with Crippen LogP contribution >= 0.6 is 0 Å². The number of aliphatic hydroxyl groups is 2. The molecular formula is C26H32N10O5. The van der Waals surface area contributed by atoms with Gasteiger partial charge in [0.1, 0.15) is 23.5 Å². The van der Waals surface area contributed by atoms with Crippen LogP contribution in [0.4, 0.5) is 0 Å². The fourth-order valence-corrected chi connectivity index (χ4v) is 6.14. The second kappa shape index (κ2) is 9.27. The maximum Gasteiger partial charge on any atom is 0.271 e. The van der Waals surface area contributed by atoms with Crippen LogP contribution in [-0.2, 0) is 5.41 Å². The topological polar surface area (TPSA) is 226 Å². The molecule has 1 aromatic heterocycles. The van der Waals surface area contributed by atoms with Gasteiger partial charge in [0, 0.05) is 31.0 Å². The van der Waals surface area contributed by atoms with Gasteiger partial charge in [0.25, 0.3) is 11.8 Å². The molecule has 15 heteroatoms. The molecule has 6 rings (SSSR count). The van der Waals surface area contributed by atoms with Crippen LogP contribution in [0.3, 0.4) is 0 Å². The molecule has 3 unspecified atom stereocenters. The Morgan fingerprint density at radius 2 is 2.00 bits per heavy atom. The van der Waals surface area contributed by atoms with Crippen molar-refractivity contribution in [3.63, 3.8) is 0 Å². The first kappa shape index (κ1) is 26.7. The van der Waals surface area contributed by atoms with Gasteiger partial charge in [-0.05, 0) is 17.9 Å². The highest BCUT2D eigenvalue weighted by atomic mass is 16.5. The molecule has 1 fully saturated rings. The van der Waals surface area contributed by atoms with Gasteiger partial charge < -0.3 is 47.3 Å². The Morgan fingerprint density at radius 1 is 1.20 bits per heavy atom. The van der Waals surface area contributed by atoms with Crippen LogP contribution in [0.15, 0.2) is 46.8 Å². The molecule has 41 heavy (non-hydrogen) atoms. The Labute approximate surface area is 235 Å². The van der Waals surface area contributed by atoms with E-state index in [0.29, 0.717) is 12.4 Å². The number of amides is 2. The molecule has 9 N–H and O–H groups in total. The summed E-state index contributed by atoms with van der Waals surface area (Å²) in [6.07, 6.45) is 4.95. The number of aliphatic imine (C=N–C) groups is 2. The van der Waals surface area contributed by atoms with E-state index >= 15 is 0 Å². The third-order valence-electron chi connectivity index (χ3n) is 8.34. The third kappa shape index (κ3) is 4.02. The normalized spacial score (nSPS) is 28.6. The van der Waals surface area contributed by atoms with Gasteiger partial charge in [0.05, 0.1) is 24.4 Å². The number of nitrogens with zero attached hydrogens (tertiary/aromatic N) is 5. The number of carbonyl (C=O) groups excluding carboxylic acids is 2. The van der Waals surface area contributed by atoms with E-state index in [9.17, 15) is 19.8 Å². The van der Waals surface area contributed by atoms with Crippen molar-refractivity contribution in [2.45, 2.75) is 55.3 Å². The molecule has 5 heterocycles. The van der Waals surface area contributed by atoms with Crippen LogP contribution in [0.1, 0.15) is 46.7 Å². The first-order valence-electron chi connectivity index (χ1n) is 13.2. The summed E-state index contributed by atoms with van der Waals surface area (Å²) in [6, 6.07) is 2.29. The van der Waals surface area contributed by atoms with Gasteiger partial charge in [-0.15, -0.1) is 0 Å². The Kier molecular flexibility index (Phi) is 6.04. The molecule has 2 amide bonds. The van der Waals surface area contributed by atoms with Crippen molar-refractivity contribution in [1.82, 2.24) is 30.8 Å². The summed E-state index contributed by atoms with van der Waals surface area (Å²) in [5.74, 6) is -3.30. The van der Waals surface area contributed by atoms with Gasteiger partial charge in [-0.25, -0.2) is 15.0 Å². The van der Waals surface area contributed by atoms with Gasteiger partial charge >= 0.3 is 0 Å². The number of guanidine groups is 2. The van der Waals surface area contributed by atoms with Crippen LogP contribution in [0.2, 0.25) is 0 Å². The van der Waals surface area contributed by atoms with Crippen molar-refractivity contribution in [3.8, 4) is 5.75 Å². The highest BCUT2D eigenvalue weighted by Crippen LogP contribution is 2.45. The average molecular weight is 565 g/mol. The fraction of sp³-hybridized carbons (Fsp3) is 0.462. The maximum atomic E-state index is 13.6. The van der Waals surface area contributed by atoms with E-state index in [0.717, 1.165) is 12.0 Å². The summed E-state index contributed by atoms with van der Waals surface area (Å²) in [5, 5.41) is 31.8. The highest BCUT2D eigenvalue weighted by molar-refractivity contribution is 5.98. The lowest BCUT2D eigenvalue weighted by molar-refractivity contribution is -0.230. The molecule has 0 saturated carbocycles. The zero-order chi connectivity index (χ0) is 29.2. The van der Waals surface area contributed by atoms with E-state index in [1.54, 1.807) is 12.1 Å². The molecule has 0 aliphatic carbocycles. The molecule has 1 aromatic carbocycles. The van der Waals surface area contributed by atoms with Crippen molar-refractivity contribution < 1.29 is 24.5 Å². The second-order valence-electron chi connectivity index (χ2n) is 11.2. The number of nitrogens with two attached hydrogens (primary N) is 2. The average Bonchev–Trinajstić information content (AvgIpc) is 3.41. The molecule has 1 spiro atoms. The summed E-state index contributed by atoms with van der Waals surface area (Å²) in [4.78, 5) is 44.3. The van der Waals surface area contributed by atoms with Crippen molar-refractivity contribution in [2.24, 2.45) is 21.5 Å². The molecule has 0 bridgehead atoms. The Bertz CT molecular complexity index is 1460. The van der Waals surface area contributed by atoms with Gasteiger partial charge in [0.2, 0.25) is 5.79 Å². The number of fused-ring (bicyclic) bond motifs is 1. The molecule has 0 radical (unpaired) electrons. The predicted molar refractivity (Wildman–Crippen MR) is 146 cm³/mol. The molecule has 216 valence electrons. The smallest absolute Gasteiger partial charge is 0.271 e. The number of aromatic nitrogens is 2. The number of para-hydroxylation sites is 1. The SMILES string of the molecule is CC1(C)CCOc2c(C(=O)NC3CN4C(N)=N[C@@H](CNC(=O)c5cnccn5)C5N=C(N)NC54C3(O)O)cccc21. The van der Waals surface area contributed by atoms with Gasteiger partial charge in [-0.3, -0.25) is 14.6 Å². The summed E-state index contributed by atoms with van der Waals surface area (Å²) in [7, 11) is 0. The van der Waals surface area contributed by atoms with Crippen molar-refractivity contribution >= 4 is 23.7 Å². The lowest BCUT2D eigenvalue weighted by Gasteiger charge is -2.49. The van der Waals surface area contributed by atoms with E-state index in [4.69, 9.17) is 16.2 Å². The van der Waals surface area contributed by atoms with Crippen LogP contribution in [0.5, 0.6) is 5.75 Å². The molecule has 4 atom stereocenters. The van der Waals surface area contributed by atoms with Gasteiger partial charge in [-0.1, -0.05) is 26.0 Å². The van der Waals surface area contributed by atoms with Crippen molar-refractivity contribution in [1.29, 1.82) is 0 Å². The molecule has 4 aliphatic heterocycles. The number of carbonyl (C=O) groups is 2. The first-order valence-corrected chi connectivity index (χ1v) is 13.2. The van der Waals surface area contributed by atoms with Crippen molar-refractivity contribution in [3.05, 3.63) is 53.6 Å². The van der Waals surface area contributed by atoms with E-state index in [2.05, 4.69) is 49.8 Å². The predicted octanol–water partition coefficient (Wildman–Crippen LogP) is -2.26. The monoisotopic (exact) mass is 564 g/mol. The molecular weight excluding hydrogens is 532 g/mol. The maximum absolute atomic E-state index is 13.6. The number of hydrogen-bond donors (Lipinski definition) is 7. The van der Waals surface area contributed by atoms with Crippen LogP contribution < -0.4 is 32.2 Å². The van der Waals surface area contributed by atoms with E-state index in [-0.39, 0.29) is 41.7 Å². The highest BCUT2D eigenvalue weighted by Gasteiger charge is 2.73. The number of rotatable bonds is 5. The summed E-state index contributed by atoms with van der Waals surface area (Å²) < 4.78 is 5.89. The number of ether oxygens (including phenoxy) is 1. The van der Waals surface area contributed by atoms with Crippen LogP contribution in [0.25, 0.3) is 0 Å². The van der Waals surface area contributed by atoms with E-state index < -0.39 is 41.4 Å². The lowest BCUT2D eigenvalue weighted by Crippen LogP contribution is -2.78. The van der Waals surface area contributed by atoms with Crippen LogP contribution in [0, 0.1) is 0 Å². The van der Waals surface area contributed by atoms with Gasteiger partial charge in [-0.2, -0.15) is 0 Å². The Balaban J connectivity index is 1.27. The zero-order valence-corrected chi connectivity index (χ0v) is 22.5. The Morgan fingerprint density at radius 3 is 2.76 bits per heavy atom. The largest absolute Gasteiger partial charge is 0.492 e. The standard InChI is InChI=1S/C26H32N10O5/c1-24(2)6-9-41-18-13(4-3-5-14(18)24)20(37)33-17-12-36-23(28)32-15(11-31-21(38)16-10-29-7-8-30-16)19-25(36,26(17,39)40)35-22(27)34-19/h3-5,7-8,10,15,17,19,39-40H,6,9,11-12H2,1-2H3,(H2,28,32)(H,31,38)(H,33,37)(H3,27,34,35)/t15-,17?,19?,25?/m0/s1. The fourth-order valence-electron chi connectivity index (χ4n) is 6.14. The third-order valence-corrected chi connectivity index (χ3v) is 8.34. The summed E-state index contributed by atoms with van der Waals surface area (Å²) >= 11 is 0. The quantitative estimate of drug-likeness (QED) is 0.192. The summed E-state index contributed by atoms with van der Waals surface area (Å²) in [5.41, 5.74) is 11.7. The molecule has 4 aliphatic rings. The minimum atomic E-state index is -2.62. The molecule has 2 aromatic rings. The lowest BCUT2D eigenvalue weighted by atomic mass is 9.79. The van der Waals surface area contributed by atoms with Gasteiger partial charge in [0.15, 0.2) is 17.6 Å². The first-order chi connectivity index (χ1) is 19.5. The van der Waals surface area contributed by atoms with E-state index in [1.807, 2.05) is 6.07 Å². The van der Waals surface area contributed by atoms with Crippen LogP contribution in [-0.4, -0.2) is 98.1 Å². The zero-order valence-electron chi connectivity index (χ0n) is 22.5. The van der Waals surface area contributed by atoms with Crippen molar-refractivity contribution in [2.75, 3.05) is 19.7 Å². The minimum absolute atomic E-state index is 0.0381. The minimum Gasteiger partial charge on any atom is -0.492 e. The number of benzene rings is 1. The van der Waals surface area contributed by atoms with E-state index in [1.165, 1.54) is 23.5 Å². The second-order valence-corrected chi connectivity index (χ2v) is 11.2. The Hall–Kier alpha value is -4.50. The number of nitrogens with one attached hydrogen (secondary N) is 3. The molecule has 1 saturated heterocycles. The molecule has 15 nitrogen and oxygen atoms in total. The summed E-state index contributed by atoms with van der Waals surface area (Å²) in [6.45, 7) is 4.45. The number of hydrogen-bond acceptors (Lipinski definition) is 13.